The topological polar surface area (TPSA) is 74.6 Å². The van der Waals surface area contributed by atoms with Gasteiger partial charge in [-0.3, -0.25) is 0 Å². The predicted molar refractivity (Wildman–Crippen MR) is 85.1 cm³/mol. The third-order valence-electron chi connectivity index (χ3n) is 2.97. The normalized spacial score (nSPS) is 12.5. The first-order chi connectivity index (χ1) is 10.4. The van der Waals surface area contributed by atoms with Crippen molar-refractivity contribution in [3.05, 3.63) is 45.4 Å². The van der Waals surface area contributed by atoms with Gasteiger partial charge in [-0.1, -0.05) is 46.7 Å². The van der Waals surface area contributed by atoms with Crippen LogP contribution in [0.1, 0.15) is 20.7 Å². The zero-order chi connectivity index (χ0) is 16.0. The maximum atomic E-state index is 11.1. The molecule has 3 rings (SSSR count). The summed E-state index contributed by atoms with van der Waals surface area (Å²) < 4.78 is 0. The Hall–Kier alpha value is -1.34. The Labute approximate surface area is 143 Å². The molecule has 0 bridgehead atoms. The molecule has 0 saturated heterocycles. The zero-order valence-electron chi connectivity index (χ0n) is 10.6. The molecule has 0 saturated carbocycles. The lowest BCUT2D eigenvalue weighted by molar-refractivity contribution is 0.0685. The van der Waals surface area contributed by atoms with Gasteiger partial charge in [0.25, 0.3) is 0 Å². The Morgan fingerprint density at radius 3 is 1.36 bits per heavy atom. The van der Waals surface area contributed by atoms with Crippen molar-refractivity contribution in [3.63, 3.8) is 0 Å². The van der Waals surface area contributed by atoms with E-state index in [1.54, 1.807) is 12.1 Å². The van der Waals surface area contributed by atoms with E-state index in [1.165, 1.54) is 35.7 Å². The van der Waals surface area contributed by atoms with Crippen LogP contribution in [0.15, 0.2) is 43.8 Å². The van der Waals surface area contributed by atoms with Crippen LogP contribution in [0, 0.1) is 0 Å². The standard InChI is InChI=1S/C14H6Cl2O4S2/c15-7-3-11-9(1-5(7)13(17)18)21-12-4-8(16)6(14(19)20)2-10(12)22-11/h1-4H,(H,17,18)(H,19,20). The minimum atomic E-state index is -1.09. The summed E-state index contributed by atoms with van der Waals surface area (Å²) in [5.41, 5.74) is 0.0652. The number of carbonyl (C=O) groups is 2. The quantitative estimate of drug-likeness (QED) is 0.658. The van der Waals surface area contributed by atoms with Gasteiger partial charge >= 0.3 is 11.9 Å². The first-order valence-corrected chi connectivity index (χ1v) is 8.25. The Morgan fingerprint density at radius 1 is 0.727 bits per heavy atom. The lowest BCUT2D eigenvalue weighted by Crippen LogP contribution is -2.02. The first kappa shape index (κ1) is 15.6. The highest BCUT2D eigenvalue weighted by Gasteiger charge is 2.23. The Kier molecular flexibility index (Phi) is 4.03. The van der Waals surface area contributed by atoms with E-state index in [0.29, 0.717) is 0 Å². The van der Waals surface area contributed by atoms with Gasteiger partial charge in [-0.05, 0) is 24.3 Å². The van der Waals surface area contributed by atoms with Crippen LogP contribution in [0.5, 0.6) is 0 Å². The van der Waals surface area contributed by atoms with Crippen LogP contribution in [0.2, 0.25) is 10.0 Å². The molecule has 0 amide bonds. The molecule has 22 heavy (non-hydrogen) atoms. The number of halogens is 2. The third kappa shape index (κ3) is 2.67. The summed E-state index contributed by atoms with van der Waals surface area (Å²) in [5, 5.41) is 18.5. The predicted octanol–water partition coefficient (Wildman–Crippen LogP) is 5.01. The molecule has 1 aliphatic rings. The monoisotopic (exact) mass is 372 g/mol. The highest BCUT2D eigenvalue weighted by Crippen LogP contribution is 2.50. The average Bonchev–Trinajstić information content (AvgIpc) is 2.43. The van der Waals surface area contributed by atoms with Crippen LogP contribution in [0.4, 0.5) is 0 Å². The van der Waals surface area contributed by atoms with E-state index in [4.69, 9.17) is 33.4 Å². The lowest BCUT2D eigenvalue weighted by Gasteiger charge is -2.20. The van der Waals surface area contributed by atoms with Gasteiger partial charge in [0.05, 0.1) is 21.2 Å². The Morgan fingerprint density at radius 2 is 1.05 bits per heavy atom. The number of hydrogen-bond acceptors (Lipinski definition) is 4. The molecule has 112 valence electrons. The molecule has 0 unspecified atom stereocenters. The highest BCUT2D eigenvalue weighted by atomic mass is 35.5. The van der Waals surface area contributed by atoms with E-state index >= 15 is 0 Å². The SMILES string of the molecule is O=C(O)c1cc2c(cc1Cl)Sc1cc(C(=O)O)c(Cl)cc1S2. The summed E-state index contributed by atoms with van der Waals surface area (Å²) in [6.07, 6.45) is 0. The number of rotatable bonds is 2. The van der Waals surface area contributed by atoms with E-state index in [0.717, 1.165) is 19.6 Å². The second-order valence-electron chi connectivity index (χ2n) is 4.37. The molecule has 2 N–H and O–H groups in total. The van der Waals surface area contributed by atoms with Gasteiger partial charge in [-0.15, -0.1) is 0 Å². The van der Waals surface area contributed by atoms with Crippen LogP contribution in [-0.4, -0.2) is 22.2 Å². The van der Waals surface area contributed by atoms with E-state index in [-0.39, 0.29) is 21.2 Å². The fourth-order valence-electron chi connectivity index (χ4n) is 1.95. The maximum absolute atomic E-state index is 11.1. The summed E-state index contributed by atoms with van der Waals surface area (Å²) in [6.45, 7) is 0. The molecule has 4 nitrogen and oxygen atoms in total. The summed E-state index contributed by atoms with van der Waals surface area (Å²) >= 11 is 14.6. The molecular formula is C14H6Cl2O4S2. The summed E-state index contributed by atoms with van der Waals surface area (Å²) in [6, 6.07) is 6.19. The zero-order valence-corrected chi connectivity index (χ0v) is 13.7. The molecule has 0 fully saturated rings. The van der Waals surface area contributed by atoms with Crippen LogP contribution >= 0.6 is 46.7 Å². The molecule has 2 aromatic rings. The second kappa shape index (κ2) is 5.70. The maximum Gasteiger partial charge on any atom is 0.337 e. The molecular weight excluding hydrogens is 367 g/mol. The highest BCUT2D eigenvalue weighted by molar-refractivity contribution is 8.05. The summed E-state index contributed by atoms with van der Waals surface area (Å²) in [4.78, 5) is 25.3. The molecule has 0 atom stereocenters. The molecule has 2 aromatic carbocycles. The number of fused-ring (bicyclic) bond motifs is 2. The van der Waals surface area contributed by atoms with Gasteiger partial charge in [0.2, 0.25) is 0 Å². The van der Waals surface area contributed by atoms with Crippen molar-refractivity contribution in [1.82, 2.24) is 0 Å². The minimum Gasteiger partial charge on any atom is -0.478 e. The fourth-order valence-corrected chi connectivity index (χ4v) is 4.89. The molecule has 1 aliphatic heterocycles. The number of carboxylic acid groups (broad SMARTS) is 2. The van der Waals surface area contributed by atoms with Crippen molar-refractivity contribution in [2.45, 2.75) is 19.6 Å². The minimum absolute atomic E-state index is 0.0326. The van der Waals surface area contributed by atoms with Gasteiger partial charge in [-0.25, -0.2) is 9.59 Å². The van der Waals surface area contributed by atoms with Crippen molar-refractivity contribution in [2.24, 2.45) is 0 Å². The lowest BCUT2D eigenvalue weighted by atomic mass is 10.2. The van der Waals surface area contributed by atoms with Crippen molar-refractivity contribution in [3.8, 4) is 0 Å². The second-order valence-corrected chi connectivity index (χ2v) is 7.35. The van der Waals surface area contributed by atoms with Crippen molar-refractivity contribution >= 4 is 58.7 Å². The summed E-state index contributed by atoms with van der Waals surface area (Å²) in [5.74, 6) is -2.19. The van der Waals surface area contributed by atoms with Crippen molar-refractivity contribution in [1.29, 1.82) is 0 Å². The van der Waals surface area contributed by atoms with Crippen LogP contribution in [-0.2, 0) is 0 Å². The largest absolute Gasteiger partial charge is 0.478 e. The molecule has 0 radical (unpaired) electrons. The van der Waals surface area contributed by atoms with E-state index in [2.05, 4.69) is 0 Å². The Bertz CT molecular complexity index is 767. The van der Waals surface area contributed by atoms with Gasteiger partial charge in [0.1, 0.15) is 0 Å². The first-order valence-electron chi connectivity index (χ1n) is 5.86. The number of aromatic carboxylic acids is 2. The van der Waals surface area contributed by atoms with E-state index < -0.39 is 11.9 Å². The van der Waals surface area contributed by atoms with E-state index in [9.17, 15) is 9.59 Å². The van der Waals surface area contributed by atoms with Gasteiger partial charge < -0.3 is 10.2 Å². The molecule has 1 heterocycles. The van der Waals surface area contributed by atoms with Crippen LogP contribution < -0.4 is 0 Å². The van der Waals surface area contributed by atoms with Crippen LogP contribution in [0.3, 0.4) is 0 Å². The fraction of sp³-hybridized carbons (Fsp3) is 0. The Balaban J connectivity index is 2.10. The molecule has 8 heteroatoms. The van der Waals surface area contributed by atoms with Crippen molar-refractivity contribution < 1.29 is 19.8 Å². The van der Waals surface area contributed by atoms with Gasteiger partial charge in [0.15, 0.2) is 0 Å². The average molecular weight is 373 g/mol. The third-order valence-corrected chi connectivity index (χ3v) is 6.08. The summed E-state index contributed by atoms with van der Waals surface area (Å²) in [7, 11) is 0. The van der Waals surface area contributed by atoms with Gasteiger partial charge in [-0.2, -0.15) is 0 Å². The van der Waals surface area contributed by atoms with Crippen molar-refractivity contribution in [2.75, 3.05) is 0 Å². The molecule has 0 aliphatic carbocycles. The molecule has 0 spiro atoms. The number of benzene rings is 2. The van der Waals surface area contributed by atoms with Gasteiger partial charge in [0, 0.05) is 19.6 Å². The number of hydrogen-bond donors (Lipinski definition) is 2. The van der Waals surface area contributed by atoms with Crippen LogP contribution in [0.25, 0.3) is 0 Å². The smallest absolute Gasteiger partial charge is 0.337 e. The van der Waals surface area contributed by atoms with E-state index in [1.807, 2.05) is 0 Å². The number of carboxylic acids is 2. The molecule has 0 aromatic heterocycles.